The molecule has 0 aromatic rings. The first kappa shape index (κ1) is 28.5. The molecule has 0 saturated heterocycles. The van der Waals surface area contributed by atoms with Crippen LogP contribution in [-0.4, -0.2) is 75.4 Å². The molecule has 0 aliphatic heterocycles. The van der Waals surface area contributed by atoms with Crippen LogP contribution in [0.15, 0.2) is 0 Å². The Hall–Kier alpha value is -3.51. The molecule has 0 radical (unpaired) electrons. The first-order valence-corrected chi connectivity index (χ1v) is 9.88. The van der Waals surface area contributed by atoms with Gasteiger partial charge in [-0.05, 0) is 19.3 Å². The highest BCUT2D eigenvalue weighted by Crippen LogP contribution is 2.07. The fourth-order valence-corrected chi connectivity index (χ4v) is 2.53. The van der Waals surface area contributed by atoms with Crippen LogP contribution in [0.2, 0.25) is 0 Å². The van der Waals surface area contributed by atoms with E-state index in [1.165, 1.54) is 0 Å². The largest absolute Gasteiger partial charge is 0.480 e. The van der Waals surface area contributed by atoms with Gasteiger partial charge in [0.05, 0.1) is 0 Å². The van der Waals surface area contributed by atoms with E-state index in [9.17, 15) is 43.8 Å². The van der Waals surface area contributed by atoms with Crippen molar-refractivity contribution in [1.82, 2.24) is 16.0 Å². The Morgan fingerprint density at radius 1 is 0.688 bits per heavy atom. The highest BCUT2D eigenvalue weighted by atomic mass is 16.4. The van der Waals surface area contributed by atoms with Crippen molar-refractivity contribution in [1.29, 1.82) is 0 Å². The van der Waals surface area contributed by atoms with Crippen molar-refractivity contribution in [2.24, 2.45) is 5.92 Å². The summed E-state index contributed by atoms with van der Waals surface area (Å²) in [6.45, 7) is 3.33. The van der Waals surface area contributed by atoms with Gasteiger partial charge in [-0.25, -0.2) is 14.4 Å². The average Bonchev–Trinajstić information content (AvgIpc) is 2.70. The van der Waals surface area contributed by atoms with E-state index in [1.807, 2.05) is 5.32 Å². The van der Waals surface area contributed by atoms with Crippen LogP contribution in [-0.2, 0) is 33.6 Å². The smallest absolute Gasteiger partial charge is 0.326 e. The second-order valence-electron chi connectivity index (χ2n) is 7.33. The maximum absolute atomic E-state index is 12.0. The summed E-state index contributed by atoms with van der Waals surface area (Å²) in [5, 5.41) is 33.7. The van der Waals surface area contributed by atoms with Crippen molar-refractivity contribution in [2.45, 2.75) is 70.5 Å². The number of nitrogens with one attached hydrogen (secondary N) is 3. The van der Waals surface area contributed by atoms with Gasteiger partial charge in [-0.15, -0.1) is 0 Å². The standard InChI is InChI=1S/C19H29N3O10/c1-10(2)14(24)6-3-12(18(29)30)21-16(26)8-5-13(19(31)32)22-15(25)7-4-11(17(27)28)20-9-23/h9-13H,3-8H2,1-2H3,(H,20,23)(H,21,26)(H,22,25)(H,27,28)(H,29,30)(H,31,32). The number of carbonyl (C=O) groups is 7. The first-order valence-electron chi connectivity index (χ1n) is 9.88. The van der Waals surface area contributed by atoms with Crippen molar-refractivity contribution in [3.63, 3.8) is 0 Å². The molecule has 32 heavy (non-hydrogen) atoms. The van der Waals surface area contributed by atoms with Crippen LogP contribution in [0, 0.1) is 5.92 Å². The second-order valence-corrected chi connectivity index (χ2v) is 7.33. The molecule has 3 unspecified atom stereocenters. The summed E-state index contributed by atoms with van der Waals surface area (Å²) in [5.41, 5.74) is 0. The summed E-state index contributed by atoms with van der Waals surface area (Å²) in [6.07, 6.45) is -1.42. The van der Waals surface area contributed by atoms with Gasteiger partial charge in [-0.1, -0.05) is 13.8 Å². The van der Waals surface area contributed by atoms with Gasteiger partial charge in [0.15, 0.2) is 0 Å². The molecule has 0 bridgehead atoms. The maximum Gasteiger partial charge on any atom is 0.326 e. The molecular formula is C19H29N3O10. The minimum Gasteiger partial charge on any atom is -0.480 e. The van der Waals surface area contributed by atoms with E-state index >= 15 is 0 Å². The first-order chi connectivity index (χ1) is 14.9. The number of rotatable bonds is 17. The molecule has 0 spiro atoms. The number of ketones is 1. The number of amides is 3. The molecule has 180 valence electrons. The van der Waals surface area contributed by atoms with Gasteiger partial charge in [0.25, 0.3) is 0 Å². The van der Waals surface area contributed by atoms with E-state index < -0.39 is 60.7 Å². The Kier molecular flexibility index (Phi) is 12.9. The maximum atomic E-state index is 12.0. The summed E-state index contributed by atoms with van der Waals surface area (Å²) in [4.78, 5) is 79.5. The van der Waals surface area contributed by atoms with Crippen LogP contribution >= 0.6 is 0 Å². The van der Waals surface area contributed by atoms with Crippen LogP contribution in [0.5, 0.6) is 0 Å². The zero-order valence-corrected chi connectivity index (χ0v) is 17.8. The quantitative estimate of drug-likeness (QED) is 0.144. The Labute approximate surface area is 183 Å². The molecule has 3 atom stereocenters. The Bertz CT molecular complexity index is 722. The van der Waals surface area contributed by atoms with Gasteiger partial charge in [-0.3, -0.25) is 19.2 Å². The molecule has 0 aliphatic carbocycles. The number of hydrogen-bond donors (Lipinski definition) is 6. The van der Waals surface area contributed by atoms with E-state index in [1.54, 1.807) is 13.8 Å². The summed E-state index contributed by atoms with van der Waals surface area (Å²) in [6, 6.07) is -4.11. The summed E-state index contributed by atoms with van der Waals surface area (Å²) >= 11 is 0. The van der Waals surface area contributed by atoms with Gasteiger partial charge in [0.2, 0.25) is 18.2 Å². The minimum atomic E-state index is -1.47. The molecule has 13 nitrogen and oxygen atoms in total. The topological polar surface area (TPSA) is 216 Å². The van der Waals surface area contributed by atoms with Gasteiger partial charge in [0, 0.05) is 25.2 Å². The average molecular weight is 459 g/mol. The molecular weight excluding hydrogens is 430 g/mol. The highest BCUT2D eigenvalue weighted by Gasteiger charge is 2.25. The summed E-state index contributed by atoms with van der Waals surface area (Å²) < 4.78 is 0. The monoisotopic (exact) mass is 459 g/mol. The molecule has 0 saturated carbocycles. The van der Waals surface area contributed by atoms with E-state index in [0.717, 1.165) is 0 Å². The number of Topliss-reactive ketones (excluding diaryl/α,β-unsaturated/α-hetero) is 1. The predicted molar refractivity (Wildman–Crippen MR) is 107 cm³/mol. The van der Waals surface area contributed by atoms with Gasteiger partial charge in [-0.2, -0.15) is 0 Å². The minimum absolute atomic E-state index is 0.0426. The molecule has 0 rings (SSSR count). The van der Waals surface area contributed by atoms with Crippen LogP contribution in [0.1, 0.15) is 52.4 Å². The lowest BCUT2D eigenvalue weighted by Crippen LogP contribution is -2.44. The van der Waals surface area contributed by atoms with Gasteiger partial charge in [0.1, 0.15) is 23.9 Å². The Morgan fingerprint density at radius 2 is 1.06 bits per heavy atom. The van der Waals surface area contributed by atoms with Crippen molar-refractivity contribution in [3.8, 4) is 0 Å². The molecule has 0 aromatic heterocycles. The number of carbonyl (C=O) groups excluding carboxylic acids is 4. The van der Waals surface area contributed by atoms with Crippen molar-refractivity contribution < 1.29 is 48.9 Å². The Morgan fingerprint density at radius 3 is 1.41 bits per heavy atom. The fraction of sp³-hybridized carbons (Fsp3) is 0.632. The predicted octanol–water partition coefficient (Wildman–Crippen LogP) is -1.11. The van der Waals surface area contributed by atoms with Crippen LogP contribution in [0.25, 0.3) is 0 Å². The molecule has 0 aliphatic rings. The Balaban J connectivity index is 4.70. The van der Waals surface area contributed by atoms with Crippen molar-refractivity contribution in [2.75, 3.05) is 0 Å². The van der Waals surface area contributed by atoms with Crippen LogP contribution in [0.3, 0.4) is 0 Å². The lowest BCUT2D eigenvalue weighted by atomic mass is 10.0. The van der Waals surface area contributed by atoms with Crippen molar-refractivity contribution in [3.05, 3.63) is 0 Å². The molecule has 3 amide bonds. The third-order valence-corrected chi connectivity index (χ3v) is 4.48. The van der Waals surface area contributed by atoms with Crippen LogP contribution < -0.4 is 16.0 Å². The lowest BCUT2D eigenvalue weighted by Gasteiger charge is -2.17. The third kappa shape index (κ3) is 11.6. The third-order valence-electron chi connectivity index (χ3n) is 4.48. The molecule has 6 N–H and O–H groups in total. The normalized spacial score (nSPS) is 13.3. The van der Waals surface area contributed by atoms with E-state index in [-0.39, 0.29) is 43.8 Å². The SMILES string of the molecule is CC(C)C(=O)CCC(NC(=O)CCC(NC(=O)CCC(NC=O)C(=O)O)C(=O)O)C(=O)O. The fourth-order valence-electron chi connectivity index (χ4n) is 2.53. The number of aliphatic carboxylic acids is 3. The van der Waals surface area contributed by atoms with E-state index in [0.29, 0.717) is 0 Å². The number of carboxylic acids is 3. The second kappa shape index (κ2) is 14.5. The molecule has 13 heteroatoms. The summed E-state index contributed by atoms with van der Waals surface area (Å²) in [7, 11) is 0. The molecule has 0 fully saturated rings. The van der Waals surface area contributed by atoms with E-state index in [4.69, 9.17) is 5.11 Å². The van der Waals surface area contributed by atoms with Gasteiger partial charge >= 0.3 is 17.9 Å². The molecule has 0 aromatic carbocycles. The van der Waals surface area contributed by atoms with Gasteiger partial charge < -0.3 is 31.3 Å². The zero-order chi connectivity index (χ0) is 24.8. The van der Waals surface area contributed by atoms with E-state index in [2.05, 4.69) is 10.6 Å². The zero-order valence-electron chi connectivity index (χ0n) is 17.8. The number of hydrogen-bond acceptors (Lipinski definition) is 7. The van der Waals surface area contributed by atoms with Crippen molar-refractivity contribution >= 4 is 41.9 Å². The summed E-state index contributed by atoms with van der Waals surface area (Å²) in [5.74, 6) is -6.14. The molecule has 0 heterocycles. The lowest BCUT2D eigenvalue weighted by molar-refractivity contribution is -0.144. The van der Waals surface area contributed by atoms with Crippen LogP contribution in [0.4, 0.5) is 0 Å². The number of carboxylic acid groups (broad SMARTS) is 3. The highest BCUT2D eigenvalue weighted by molar-refractivity contribution is 5.87.